The van der Waals surface area contributed by atoms with Crippen LogP contribution in [0.1, 0.15) is 26.2 Å². The van der Waals surface area contributed by atoms with Gasteiger partial charge in [-0.15, -0.1) is 0 Å². The molecule has 0 atom stereocenters. The Balaban J connectivity index is 1.81. The van der Waals surface area contributed by atoms with Crippen molar-refractivity contribution >= 4 is 29.2 Å². The van der Waals surface area contributed by atoms with Gasteiger partial charge in [-0.25, -0.2) is 4.98 Å². The molecule has 1 aromatic carbocycles. The van der Waals surface area contributed by atoms with Crippen LogP contribution in [0.25, 0.3) is 11.4 Å². The lowest BCUT2D eigenvalue weighted by Crippen LogP contribution is -2.26. The number of aromatic nitrogens is 2. The fourth-order valence-electron chi connectivity index (χ4n) is 1.91. The van der Waals surface area contributed by atoms with Crippen molar-refractivity contribution in [3.63, 3.8) is 0 Å². The number of ether oxygens (including phenoxy) is 1. The number of rotatable bonds is 9. The summed E-state index contributed by atoms with van der Waals surface area (Å²) in [5.74, 6) is 1.91. The Hall–Kier alpha value is -1.60. The van der Waals surface area contributed by atoms with Crippen molar-refractivity contribution in [2.45, 2.75) is 30.5 Å². The Morgan fingerprint density at radius 1 is 1.30 bits per heavy atom. The van der Waals surface area contributed by atoms with E-state index >= 15 is 0 Å². The molecule has 1 aromatic heterocycles. The second-order valence-electron chi connectivity index (χ2n) is 4.96. The molecule has 0 aliphatic heterocycles. The molecule has 1 heterocycles. The Labute approximate surface area is 145 Å². The van der Waals surface area contributed by atoms with Gasteiger partial charge < -0.3 is 10.1 Å². The molecule has 0 bridgehead atoms. The van der Waals surface area contributed by atoms with Gasteiger partial charge in [-0.1, -0.05) is 31.5 Å². The van der Waals surface area contributed by atoms with Gasteiger partial charge in [-0.2, -0.15) is 4.37 Å². The summed E-state index contributed by atoms with van der Waals surface area (Å²) in [5, 5.41) is 2.92. The van der Waals surface area contributed by atoms with Crippen LogP contribution in [-0.2, 0) is 4.79 Å². The van der Waals surface area contributed by atoms with Crippen LogP contribution in [0.2, 0.25) is 0 Å². The molecule has 0 saturated carbocycles. The van der Waals surface area contributed by atoms with E-state index in [0.717, 1.165) is 41.5 Å². The number of carbonyl (C=O) groups is 1. The largest absolute Gasteiger partial charge is 0.497 e. The zero-order valence-corrected chi connectivity index (χ0v) is 15.0. The van der Waals surface area contributed by atoms with Gasteiger partial charge in [0.2, 0.25) is 5.91 Å². The fraction of sp³-hybridized carbons (Fsp3) is 0.438. The molecular weight excluding hydrogens is 330 g/mol. The number of unbranched alkanes of at least 4 members (excludes halogenated alkanes) is 2. The number of nitrogens with one attached hydrogen (secondary N) is 1. The minimum Gasteiger partial charge on any atom is -0.497 e. The van der Waals surface area contributed by atoms with Gasteiger partial charge >= 0.3 is 0 Å². The first-order chi connectivity index (χ1) is 11.2. The van der Waals surface area contributed by atoms with Gasteiger partial charge in [-0.05, 0) is 42.2 Å². The van der Waals surface area contributed by atoms with Crippen molar-refractivity contribution in [2.24, 2.45) is 0 Å². The first kappa shape index (κ1) is 17.7. The smallest absolute Gasteiger partial charge is 0.230 e. The van der Waals surface area contributed by atoms with Crippen LogP contribution in [0.4, 0.5) is 0 Å². The van der Waals surface area contributed by atoms with Crippen LogP contribution in [0, 0.1) is 0 Å². The van der Waals surface area contributed by atoms with Crippen molar-refractivity contribution in [1.29, 1.82) is 0 Å². The average molecular weight is 351 g/mol. The van der Waals surface area contributed by atoms with Gasteiger partial charge in [0.25, 0.3) is 0 Å². The Morgan fingerprint density at radius 3 is 2.78 bits per heavy atom. The van der Waals surface area contributed by atoms with Crippen LogP contribution >= 0.6 is 23.3 Å². The lowest BCUT2D eigenvalue weighted by molar-refractivity contribution is -0.118. The number of hydrogen-bond acceptors (Lipinski definition) is 6. The van der Waals surface area contributed by atoms with Crippen LogP contribution in [0.15, 0.2) is 28.6 Å². The van der Waals surface area contributed by atoms with E-state index in [2.05, 4.69) is 21.6 Å². The van der Waals surface area contributed by atoms with E-state index in [1.165, 1.54) is 23.3 Å². The maximum Gasteiger partial charge on any atom is 0.230 e. The van der Waals surface area contributed by atoms with Gasteiger partial charge in [0.05, 0.1) is 12.9 Å². The van der Waals surface area contributed by atoms with Crippen molar-refractivity contribution < 1.29 is 9.53 Å². The molecule has 1 N–H and O–H groups in total. The third-order valence-electron chi connectivity index (χ3n) is 3.18. The number of benzene rings is 1. The van der Waals surface area contributed by atoms with E-state index < -0.39 is 0 Å². The Kier molecular flexibility index (Phi) is 7.35. The van der Waals surface area contributed by atoms with E-state index in [1.807, 2.05) is 24.3 Å². The molecule has 5 nitrogen and oxygen atoms in total. The summed E-state index contributed by atoms with van der Waals surface area (Å²) in [5.41, 5.74) is 0.943. The van der Waals surface area contributed by atoms with Crippen LogP contribution < -0.4 is 10.1 Å². The summed E-state index contributed by atoms with van der Waals surface area (Å²) >= 11 is 2.74. The molecule has 0 fully saturated rings. The molecule has 0 saturated heterocycles. The van der Waals surface area contributed by atoms with Crippen LogP contribution in [0.5, 0.6) is 5.75 Å². The Morgan fingerprint density at radius 2 is 2.09 bits per heavy atom. The number of carbonyl (C=O) groups excluding carboxylic acids is 1. The van der Waals surface area contributed by atoms with Crippen LogP contribution in [-0.4, -0.2) is 34.7 Å². The minimum absolute atomic E-state index is 0.0484. The number of hydrogen-bond donors (Lipinski definition) is 1. The monoisotopic (exact) mass is 351 g/mol. The van der Waals surface area contributed by atoms with E-state index in [9.17, 15) is 4.79 Å². The lowest BCUT2D eigenvalue weighted by atomic mass is 10.2. The molecule has 0 aliphatic rings. The maximum atomic E-state index is 11.7. The van der Waals surface area contributed by atoms with E-state index in [4.69, 9.17) is 4.74 Å². The molecule has 0 spiro atoms. The standard InChI is InChI=1S/C16H21N3O2S2/c1-3-4-5-10-17-14(20)11-22-16-18-15(19-23-16)12-6-8-13(21-2)9-7-12/h6-9H,3-5,10-11H2,1-2H3,(H,17,20). The number of nitrogens with zero attached hydrogens (tertiary/aromatic N) is 2. The highest BCUT2D eigenvalue weighted by Gasteiger charge is 2.09. The highest BCUT2D eigenvalue weighted by Crippen LogP contribution is 2.26. The van der Waals surface area contributed by atoms with E-state index in [-0.39, 0.29) is 5.91 Å². The van der Waals surface area contributed by atoms with Gasteiger partial charge in [0, 0.05) is 12.1 Å². The minimum atomic E-state index is 0.0484. The summed E-state index contributed by atoms with van der Waals surface area (Å²) in [6, 6.07) is 7.62. The van der Waals surface area contributed by atoms with Gasteiger partial charge in [0.15, 0.2) is 10.2 Å². The van der Waals surface area contributed by atoms with Crippen molar-refractivity contribution in [3.05, 3.63) is 24.3 Å². The molecule has 23 heavy (non-hydrogen) atoms. The van der Waals surface area contributed by atoms with E-state index in [1.54, 1.807) is 7.11 Å². The van der Waals surface area contributed by atoms with Crippen LogP contribution in [0.3, 0.4) is 0 Å². The zero-order valence-electron chi connectivity index (χ0n) is 13.4. The van der Waals surface area contributed by atoms with E-state index in [0.29, 0.717) is 11.6 Å². The van der Waals surface area contributed by atoms with Crippen molar-refractivity contribution in [1.82, 2.24) is 14.7 Å². The summed E-state index contributed by atoms with van der Waals surface area (Å²) < 4.78 is 10.3. The average Bonchev–Trinajstić information content (AvgIpc) is 3.06. The summed E-state index contributed by atoms with van der Waals surface area (Å²) in [6.45, 7) is 2.90. The SMILES string of the molecule is CCCCCNC(=O)CSc1nc(-c2ccc(OC)cc2)ns1. The predicted octanol–water partition coefficient (Wildman–Crippen LogP) is 3.61. The molecule has 2 rings (SSSR count). The van der Waals surface area contributed by atoms with Crippen molar-refractivity contribution in [2.75, 3.05) is 19.4 Å². The molecule has 7 heteroatoms. The first-order valence-corrected chi connectivity index (χ1v) is 9.36. The second-order valence-corrected chi connectivity index (χ2v) is 6.93. The topological polar surface area (TPSA) is 64.1 Å². The fourth-order valence-corrected chi connectivity index (χ4v) is 3.35. The number of thioether (sulfide) groups is 1. The summed E-state index contributed by atoms with van der Waals surface area (Å²) in [6.07, 6.45) is 3.34. The highest BCUT2D eigenvalue weighted by molar-refractivity contribution is 8.01. The maximum absolute atomic E-state index is 11.7. The zero-order chi connectivity index (χ0) is 16.5. The number of amides is 1. The van der Waals surface area contributed by atoms with Gasteiger partial charge in [-0.3, -0.25) is 4.79 Å². The molecular formula is C16H21N3O2S2. The normalized spacial score (nSPS) is 10.5. The first-order valence-electron chi connectivity index (χ1n) is 7.60. The lowest BCUT2D eigenvalue weighted by Gasteiger charge is -2.02. The predicted molar refractivity (Wildman–Crippen MR) is 95.2 cm³/mol. The molecule has 124 valence electrons. The third-order valence-corrected chi connectivity index (χ3v) is 5.02. The molecule has 0 aliphatic carbocycles. The number of methoxy groups -OCH3 is 1. The Bertz CT molecular complexity index is 614. The highest BCUT2D eigenvalue weighted by atomic mass is 32.2. The summed E-state index contributed by atoms with van der Waals surface area (Å²) in [4.78, 5) is 16.2. The quantitative estimate of drug-likeness (QED) is 0.552. The molecule has 0 unspecified atom stereocenters. The van der Waals surface area contributed by atoms with Gasteiger partial charge in [0.1, 0.15) is 5.75 Å². The third kappa shape index (κ3) is 5.84. The molecule has 1 amide bonds. The molecule has 2 aromatic rings. The molecule has 0 radical (unpaired) electrons. The second kappa shape index (κ2) is 9.52. The van der Waals surface area contributed by atoms with Crippen molar-refractivity contribution in [3.8, 4) is 17.1 Å². The summed E-state index contributed by atoms with van der Waals surface area (Å²) in [7, 11) is 1.64.